The van der Waals surface area contributed by atoms with Crippen LogP contribution in [0.3, 0.4) is 0 Å². The average molecular weight is 261 g/mol. The van der Waals surface area contributed by atoms with E-state index in [0.717, 1.165) is 21.9 Å². The fourth-order valence-corrected chi connectivity index (χ4v) is 2.45. The van der Waals surface area contributed by atoms with Crippen molar-refractivity contribution >= 4 is 16.5 Å². The lowest BCUT2D eigenvalue weighted by molar-refractivity contribution is 0.318. The van der Waals surface area contributed by atoms with Crippen molar-refractivity contribution in [3.05, 3.63) is 83.9 Å². The summed E-state index contributed by atoms with van der Waals surface area (Å²) in [5.74, 6) is 0. The normalized spacial score (nSPS) is 11.7. The molecule has 3 aromatic rings. The zero-order chi connectivity index (χ0) is 13.8. The van der Waals surface area contributed by atoms with Gasteiger partial charge in [0.2, 0.25) is 0 Å². The van der Waals surface area contributed by atoms with Crippen molar-refractivity contribution in [2.24, 2.45) is 5.16 Å². The molecule has 2 heteroatoms. The van der Waals surface area contributed by atoms with Crippen LogP contribution in [-0.2, 0) is 6.42 Å². The van der Waals surface area contributed by atoms with E-state index >= 15 is 0 Å². The summed E-state index contributed by atoms with van der Waals surface area (Å²) in [5.41, 5.74) is 2.80. The third-order valence-electron chi connectivity index (χ3n) is 3.44. The van der Waals surface area contributed by atoms with Crippen LogP contribution in [0.15, 0.2) is 78.0 Å². The number of rotatable bonds is 3. The first-order chi connectivity index (χ1) is 9.88. The number of hydrogen-bond acceptors (Lipinski definition) is 2. The summed E-state index contributed by atoms with van der Waals surface area (Å²) in [6, 6.07) is 24.2. The third-order valence-corrected chi connectivity index (χ3v) is 3.44. The lowest BCUT2D eigenvalue weighted by Gasteiger charge is -2.08. The summed E-state index contributed by atoms with van der Waals surface area (Å²) < 4.78 is 0. The minimum atomic E-state index is 0.616. The van der Waals surface area contributed by atoms with Crippen LogP contribution in [-0.4, -0.2) is 10.9 Å². The fourth-order valence-electron chi connectivity index (χ4n) is 2.45. The summed E-state index contributed by atoms with van der Waals surface area (Å²) in [7, 11) is 0. The Morgan fingerprint density at radius 2 is 1.50 bits per heavy atom. The van der Waals surface area contributed by atoms with Crippen LogP contribution < -0.4 is 0 Å². The number of benzene rings is 3. The van der Waals surface area contributed by atoms with Gasteiger partial charge in [0.1, 0.15) is 0 Å². The summed E-state index contributed by atoms with van der Waals surface area (Å²) in [6.45, 7) is 0. The van der Waals surface area contributed by atoms with Crippen LogP contribution >= 0.6 is 0 Å². The van der Waals surface area contributed by atoms with Gasteiger partial charge in [0, 0.05) is 12.0 Å². The lowest BCUT2D eigenvalue weighted by Crippen LogP contribution is -2.06. The highest BCUT2D eigenvalue weighted by atomic mass is 16.4. The smallest absolute Gasteiger partial charge is 0.0917 e. The molecule has 0 bridgehead atoms. The Hall–Kier alpha value is -2.61. The highest BCUT2D eigenvalue weighted by Gasteiger charge is 2.09. The standard InChI is InChI=1S/C18H15NO/c20-19-18(13-14-7-2-1-3-8-14)17-12-6-10-15-9-4-5-11-16(15)17/h1-12,20H,13H2/b19-18+. The number of nitrogens with zero attached hydrogens (tertiary/aromatic N) is 1. The van der Waals surface area contributed by atoms with Crippen molar-refractivity contribution in [1.29, 1.82) is 0 Å². The molecule has 0 aromatic heterocycles. The highest BCUT2D eigenvalue weighted by molar-refractivity contribution is 6.11. The molecule has 0 radical (unpaired) electrons. The Morgan fingerprint density at radius 3 is 2.30 bits per heavy atom. The zero-order valence-corrected chi connectivity index (χ0v) is 11.0. The van der Waals surface area contributed by atoms with Crippen LogP contribution in [0.1, 0.15) is 11.1 Å². The van der Waals surface area contributed by atoms with E-state index in [1.54, 1.807) is 0 Å². The second-order valence-corrected chi connectivity index (χ2v) is 4.74. The largest absolute Gasteiger partial charge is 0.411 e. The molecular weight excluding hydrogens is 246 g/mol. The molecule has 0 saturated carbocycles. The van der Waals surface area contributed by atoms with Gasteiger partial charge >= 0.3 is 0 Å². The fraction of sp³-hybridized carbons (Fsp3) is 0.0556. The monoisotopic (exact) mass is 261 g/mol. The van der Waals surface area contributed by atoms with Crippen molar-refractivity contribution in [3.63, 3.8) is 0 Å². The van der Waals surface area contributed by atoms with Crippen LogP contribution in [0.2, 0.25) is 0 Å². The molecule has 3 rings (SSSR count). The van der Waals surface area contributed by atoms with E-state index in [1.807, 2.05) is 54.6 Å². The molecule has 0 fully saturated rings. The van der Waals surface area contributed by atoms with Crippen molar-refractivity contribution in [3.8, 4) is 0 Å². The van der Waals surface area contributed by atoms with Crippen molar-refractivity contribution < 1.29 is 5.21 Å². The van der Waals surface area contributed by atoms with Crippen molar-refractivity contribution in [2.45, 2.75) is 6.42 Å². The molecule has 0 unspecified atom stereocenters. The summed E-state index contributed by atoms with van der Waals surface area (Å²) in [5, 5.41) is 15.2. The van der Waals surface area contributed by atoms with Gasteiger partial charge < -0.3 is 5.21 Å². The predicted molar refractivity (Wildman–Crippen MR) is 82.4 cm³/mol. The maximum absolute atomic E-state index is 9.39. The van der Waals surface area contributed by atoms with Gasteiger partial charge in [-0.3, -0.25) is 0 Å². The summed E-state index contributed by atoms with van der Waals surface area (Å²) in [4.78, 5) is 0. The molecule has 3 aromatic carbocycles. The molecule has 98 valence electrons. The lowest BCUT2D eigenvalue weighted by atomic mass is 9.97. The maximum atomic E-state index is 9.39. The van der Waals surface area contributed by atoms with Gasteiger partial charge in [0.05, 0.1) is 5.71 Å². The van der Waals surface area contributed by atoms with Crippen molar-refractivity contribution in [1.82, 2.24) is 0 Å². The Balaban J connectivity index is 2.04. The van der Waals surface area contributed by atoms with E-state index in [-0.39, 0.29) is 0 Å². The Morgan fingerprint density at radius 1 is 0.800 bits per heavy atom. The maximum Gasteiger partial charge on any atom is 0.0917 e. The second kappa shape index (κ2) is 5.57. The second-order valence-electron chi connectivity index (χ2n) is 4.74. The Kier molecular flexibility index (Phi) is 3.46. The SMILES string of the molecule is O/N=C(\Cc1ccccc1)c1cccc2ccccc12. The molecule has 0 aliphatic rings. The molecule has 1 N–H and O–H groups in total. The molecular formula is C18H15NO. The topological polar surface area (TPSA) is 32.6 Å². The molecule has 0 aliphatic carbocycles. The molecule has 0 spiro atoms. The molecule has 0 amide bonds. The van der Waals surface area contributed by atoms with E-state index < -0.39 is 0 Å². The van der Waals surface area contributed by atoms with E-state index in [4.69, 9.17) is 0 Å². The molecule has 2 nitrogen and oxygen atoms in total. The minimum absolute atomic E-state index is 0.616. The van der Waals surface area contributed by atoms with Gasteiger partial charge in [-0.05, 0) is 16.3 Å². The van der Waals surface area contributed by atoms with Gasteiger partial charge in [0.15, 0.2) is 0 Å². The van der Waals surface area contributed by atoms with Crippen LogP contribution in [0.4, 0.5) is 0 Å². The van der Waals surface area contributed by atoms with Gasteiger partial charge in [-0.1, -0.05) is 78.0 Å². The first-order valence-electron chi connectivity index (χ1n) is 6.61. The first kappa shape index (κ1) is 12.4. The van der Waals surface area contributed by atoms with Gasteiger partial charge in [-0.15, -0.1) is 0 Å². The first-order valence-corrected chi connectivity index (χ1v) is 6.61. The Labute approximate surface area is 118 Å². The zero-order valence-electron chi connectivity index (χ0n) is 11.0. The molecule has 0 saturated heterocycles. The molecule has 0 atom stereocenters. The minimum Gasteiger partial charge on any atom is -0.411 e. The molecule has 20 heavy (non-hydrogen) atoms. The molecule has 0 heterocycles. The van der Waals surface area contributed by atoms with Crippen LogP contribution in [0.5, 0.6) is 0 Å². The number of fused-ring (bicyclic) bond motifs is 1. The quantitative estimate of drug-likeness (QED) is 0.426. The van der Waals surface area contributed by atoms with E-state index in [1.165, 1.54) is 0 Å². The van der Waals surface area contributed by atoms with Gasteiger partial charge in [0.25, 0.3) is 0 Å². The molecule has 0 aliphatic heterocycles. The van der Waals surface area contributed by atoms with E-state index in [9.17, 15) is 5.21 Å². The van der Waals surface area contributed by atoms with Gasteiger partial charge in [-0.2, -0.15) is 0 Å². The number of hydrogen-bond donors (Lipinski definition) is 1. The van der Waals surface area contributed by atoms with Crippen molar-refractivity contribution in [2.75, 3.05) is 0 Å². The highest BCUT2D eigenvalue weighted by Crippen LogP contribution is 2.20. The number of oxime groups is 1. The third kappa shape index (κ3) is 2.41. The van der Waals surface area contributed by atoms with Crippen LogP contribution in [0.25, 0.3) is 10.8 Å². The van der Waals surface area contributed by atoms with Gasteiger partial charge in [-0.25, -0.2) is 0 Å². The summed E-state index contributed by atoms with van der Waals surface area (Å²) in [6.07, 6.45) is 0.616. The van der Waals surface area contributed by atoms with Crippen LogP contribution in [0, 0.1) is 0 Å². The summed E-state index contributed by atoms with van der Waals surface area (Å²) >= 11 is 0. The predicted octanol–water partition coefficient (Wildman–Crippen LogP) is 4.26. The van der Waals surface area contributed by atoms with E-state index in [2.05, 4.69) is 23.4 Å². The van der Waals surface area contributed by atoms with E-state index in [0.29, 0.717) is 12.1 Å². The average Bonchev–Trinajstić information content (AvgIpc) is 2.53. The Bertz CT molecular complexity index is 742.